The Hall–Kier alpha value is -0.640. The van der Waals surface area contributed by atoms with Crippen LogP contribution in [0.1, 0.15) is 45.1 Å². The summed E-state index contributed by atoms with van der Waals surface area (Å²) in [6.07, 6.45) is 4.06. The molecule has 1 heterocycles. The minimum atomic E-state index is -0.352. The second-order valence-corrected chi connectivity index (χ2v) is 5.90. The summed E-state index contributed by atoms with van der Waals surface area (Å²) >= 11 is 5.98. The van der Waals surface area contributed by atoms with E-state index in [-0.39, 0.29) is 16.4 Å². The smallest absolute Gasteiger partial charge is 0.142 e. The van der Waals surface area contributed by atoms with Crippen LogP contribution in [0.5, 0.6) is 0 Å². The molecule has 0 amide bonds. The van der Waals surface area contributed by atoms with Crippen molar-refractivity contribution in [2.24, 2.45) is 0 Å². The third kappa shape index (κ3) is 3.51. The Labute approximate surface area is 125 Å². The van der Waals surface area contributed by atoms with Crippen molar-refractivity contribution in [1.29, 1.82) is 0 Å². The number of nitrogens with one attached hydrogen (secondary N) is 1. The first-order chi connectivity index (χ1) is 9.60. The maximum atomic E-state index is 13.4. The Morgan fingerprint density at radius 2 is 2.15 bits per heavy atom. The van der Waals surface area contributed by atoms with Crippen molar-refractivity contribution in [2.45, 2.75) is 57.7 Å². The topological polar surface area (TPSA) is 21.3 Å². The summed E-state index contributed by atoms with van der Waals surface area (Å²) < 4.78 is 19.4. The predicted octanol–water partition coefficient (Wildman–Crippen LogP) is 4.31. The average Bonchev–Trinajstić information content (AvgIpc) is 2.49. The SMILES string of the molecule is CCC1(CC)CC(NCc2cccc(F)c2Cl)CCO1. The van der Waals surface area contributed by atoms with Crippen LogP contribution in [0.4, 0.5) is 4.39 Å². The first-order valence-electron chi connectivity index (χ1n) is 7.40. The fourth-order valence-electron chi connectivity index (χ4n) is 2.88. The maximum absolute atomic E-state index is 13.4. The van der Waals surface area contributed by atoms with Crippen LogP contribution in [0, 0.1) is 5.82 Å². The van der Waals surface area contributed by atoms with E-state index in [0.717, 1.165) is 37.9 Å². The maximum Gasteiger partial charge on any atom is 0.142 e. The largest absolute Gasteiger partial charge is 0.375 e. The summed E-state index contributed by atoms with van der Waals surface area (Å²) in [6, 6.07) is 5.36. The molecule has 2 nitrogen and oxygen atoms in total. The Bertz CT molecular complexity index is 448. The standard InChI is InChI=1S/C16H23ClFNO/c1-3-16(4-2)10-13(8-9-20-16)19-11-12-6-5-7-14(18)15(12)17/h5-7,13,19H,3-4,8-11H2,1-2H3. The van der Waals surface area contributed by atoms with Crippen LogP contribution in [0.25, 0.3) is 0 Å². The second kappa shape index (κ2) is 6.88. The fraction of sp³-hybridized carbons (Fsp3) is 0.625. The molecule has 1 aromatic rings. The van der Waals surface area contributed by atoms with E-state index in [4.69, 9.17) is 16.3 Å². The summed E-state index contributed by atoms with van der Waals surface area (Å²) in [5.41, 5.74) is 0.818. The van der Waals surface area contributed by atoms with E-state index in [1.54, 1.807) is 6.07 Å². The zero-order chi connectivity index (χ0) is 14.6. The zero-order valence-corrected chi connectivity index (χ0v) is 13.0. The van der Waals surface area contributed by atoms with Gasteiger partial charge in [-0.3, -0.25) is 0 Å². The molecule has 1 unspecified atom stereocenters. The molecular formula is C16H23ClFNO. The minimum absolute atomic E-state index is 0.00164. The molecule has 1 N–H and O–H groups in total. The minimum Gasteiger partial charge on any atom is -0.375 e. The predicted molar refractivity (Wildman–Crippen MR) is 80.5 cm³/mol. The summed E-state index contributed by atoms with van der Waals surface area (Å²) in [6.45, 7) is 5.74. The molecule has 1 aliphatic rings. The van der Waals surface area contributed by atoms with Gasteiger partial charge in [-0.05, 0) is 37.3 Å². The zero-order valence-electron chi connectivity index (χ0n) is 12.2. The number of benzene rings is 1. The summed E-state index contributed by atoms with van der Waals surface area (Å²) in [4.78, 5) is 0. The van der Waals surface area contributed by atoms with Gasteiger partial charge in [0.25, 0.3) is 0 Å². The monoisotopic (exact) mass is 299 g/mol. The van der Waals surface area contributed by atoms with Gasteiger partial charge in [0.1, 0.15) is 5.82 Å². The van der Waals surface area contributed by atoms with Gasteiger partial charge in [0.2, 0.25) is 0 Å². The number of halogens is 2. The van der Waals surface area contributed by atoms with Crippen LogP contribution in [-0.4, -0.2) is 18.2 Å². The molecule has 0 bridgehead atoms. The van der Waals surface area contributed by atoms with Gasteiger partial charge in [0, 0.05) is 19.2 Å². The van der Waals surface area contributed by atoms with E-state index in [1.165, 1.54) is 6.07 Å². The summed E-state index contributed by atoms with van der Waals surface area (Å²) in [5.74, 6) is -0.352. The number of hydrogen-bond acceptors (Lipinski definition) is 2. The lowest BCUT2D eigenvalue weighted by Gasteiger charge is -2.40. The highest BCUT2D eigenvalue weighted by atomic mass is 35.5. The molecule has 0 aromatic heterocycles. The first kappa shape index (κ1) is 15.7. The highest BCUT2D eigenvalue weighted by Gasteiger charge is 2.34. The third-order valence-corrected chi connectivity index (χ3v) is 4.82. The molecule has 0 saturated carbocycles. The Kier molecular flexibility index (Phi) is 5.42. The van der Waals surface area contributed by atoms with E-state index in [2.05, 4.69) is 19.2 Å². The van der Waals surface area contributed by atoms with Crippen molar-refractivity contribution in [3.63, 3.8) is 0 Å². The van der Waals surface area contributed by atoms with Gasteiger partial charge in [-0.15, -0.1) is 0 Å². The first-order valence-corrected chi connectivity index (χ1v) is 7.78. The molecule has 0 radical (unpaired) electrons. The molecule has 1 aromatic carbocycles. The lowest BCUT2D eigenvalue weighted by atomic mass is 9.86. The van der Waals surface area contributed by atoms with Crippen LogP contribution in [0.3, 0.4) is 0 Å². The van der Waals surface area contributed by atoms with E-state index < -0.39 is 0 Å². The Morgan fingerprint density at radius 1 is 1.40 bits per heavy atom. The number of ether oxygens (including phenoxy) is 1. The number of hydrogen-bond donors (Lipinski definition) is 1. The molecule has 20 heavy (non-hydrogen) atoms. The molecule has 1 aliphatic heterocycles. The van der Waals surface area contributed by atoms with Crippen LogP contribution in [0.15, 0.2) is 18.2 Å². The molecule has 1 fully saturated rings. The molecular weight excluding hydrogens is 277 g/mol. The van der Waals surface area contributed by atoms with E-state index in [1.807, 2.05) is 6.07 Å². The van der Waals surface area contributed by atoms with Gasteiger partial charge >= 0.3 is 0 Å². The Balaban J connectivity index is 1.95. The molecule has 0 aliphatic carbocycles. The normalized spacial score (nSPS) is 21.9. The van der Waals surface area contributed by atoms with Crippen molar-refractivity contribution in [3.05, 3.63) is 34.6 Å². The molecule has 4 heteroatoms. The highest BCUT2D eigenvalue weighted by Crippen LogP contribution is 2.31. The van der Waals surface area contributed by atoms with Crippen molar-refractivity contribution >= 4 is 11.6 Å². The van der Waals surface area contributed by atoms with Crippen molar-refractivity contribution in [1.82, 2.24) is 5.32 Å². The van der Waals surface area contributed by atoms with Gasteiger partial charge in [-0.2, -0.15) is 0 Å². The van der Waals surface area contributed by atoms with Gasteiger partial charge in [-0.25, -0.2) is 4.39 Å². The van der Waals surface area contributed by atoms with Crippen LogP contribution in [-0.2, 0) is 11.3 Å². The van der Waals surface area contributed by atoms with Gasteiger partial charge in [-0.1, -0.05) is 37.6 Å². The van der Waals surface area contributed by atoms with E-state index in [0.29, 0.717) is 12.6 Å². The van der Waals surface area contributed by atoms with Crippen molar-refractivity contribution in [3.8, 4) is 0 Å². The average molecular weight is 300 g/mol. The lowest BCUT2D eigenvalue weighted by molar-refractivity contribution is -0.0932. The molecule has 1 saturated heterocycles. The van der Waals surface area contributed by atoms with Crippen molar-refractivity contribution in [2.75, 3.05) is 6.61 Å². The van der Waals surface area contributed by atoms with Gasteiger partial charge in [0.15, 0.2) is 0 Å². The molecule has 0 spiro atoms. The summed E-state index contributed by atoms with van der Waals surface area (Å²) in [7, 11) is 0. The summed E-state index contributed by atoms with van der Waals surface area (Å²) in [5, 5.41) is 3.72. The van der Waals surface area contributed by atoms with Gasteiger partial charge < -0.3 is 10.1 Å². The quantitative estimate of drug-likeness (QED) is 0.875. The molecule has 1 atom stereocenters. The highest BCUT2D eigenvalue weighted by molar-refractivity contribution is 6.31. The molecule has 2 rings (SSSR count). The second-order valence-electron chi connectivity index (χ2n) is 5.52. The van der Waals surface area contributed by atoms with E-state index in [9.17, 15) is 4.39 Å². The lowest BCUT2D eigenvalue weighted by Crippen LogP contribution is -2.46. The number of rotatable bonds is 5. The third-order valence-electron chi connectivity index (χ3n) is 4.39. The van der Waals surface area contributed by atoms with Crippen LogP contribution in [0.2, 0.25) is 5.02 Å². The van der Waals surface area contributed by atoms with Crippen molar-refractivity contribution < 1.29 is 9.13 Å². The Morgan fingerprint density at radius 3 is 2.85 bits per heavy atom. The molecule has 112 valence electrons. The van der Waals surface area contributed by atoms with Crippen LogP contribution >= 0.6 is 11.6 Å². The van der Waals surface area contributed by atoms with Gasteiger partial charge in [0.05, 0.1) is 10.6 Å². The van der Waals surface area contributed by atoms with E-state index >= 15 is 0 Å². The van der Waals surface area contributed by atoms with Crippen LogP contribution < -0.4 is 5.32 Å². The fourth-order valence-corrected chi connectivity index (χ4v) is 3.08.